The third kappa shape index (κ3) is 5.10. The van der Waals surface area contributed by atoms with E-state index in [-0.39, 0.29) is 12.5 Å². The molecule has 24 heavy (non-hydrogen) atoms. The molecule has 0 radical (unpaired) electrons. The maximum Gasteiger partial charge on any atom is 0.259 e. The van der Waals surface area contributed by atoms with Crippen LogP contribution in [0, 0.1) is 0 Å². The van der Waals surface area contributed by atoms with Gasteiger partial charge in [-0.15, -0.1) is 0 Å². The third-order valence-corrected chi connectivity index (χ3v) is 3.30. The Morgan fingerprint density at radius 1 is 1.17 bits per heavy atom. The van der Waals surface area contributed by atoms with E-state index in [2.05, 4.69) is 15.8 Å². The SMILES string of the molecule is COc1ccccc1C=NNC(=O)CNC(=O)c1ccc(Cl)cc1. The molecule has 0 fully saturated rings. The van der Waals surface area contributed by atoms with Crippen molar-refractivity contribution in [3.63, 3.8) is 0 Å². The van der Waals surface area contributed by atoms with Gasteiger partial charge < -0.3 is 10.1 Å². The van der Waals surface area contributed by atoms with E-state index >= 15 is 0 Å². The number of hydrogen-bond acceptors (Lipinski definition) is 4. The fourth-order valence-electron chi connectivity index (χ4n) is 1.85. The summed E-state index contributed by atoms with van der Waals surface area (Å²) in [6.45, 7) is -0.190. The van der Waals surface area contributed by atoms with Crippen molar-refractivity contribution >= 4 is 29.6 Å². The zero-order chi connectivity index (χ0) is 17.4. The number of rotatable bonds is 6. The van der Waals surface area contributed by atoms with Gasteiger partial charge in [0, 0.05) is 16.1 Å². The quantitative estimate of drug-likeness (QED) is 0.622. The maximum atomic E-state index is 11.9. The second-order valence-electron chi connectivity index (χ2n) is 4.72. The Labute approximate surface area is 144 Å². The molecule has 2 rings (SSSR count). The summed E-state index contributed by atoms with van der Waals surface area (Å²) in [5.74, 6) is -0.162. The van der Waals surface area contributed by atoms with Crippen molar-refractivity contribution in [1.82, 2.24) is 10.7 Å². The molecule has 0 saturated heterocycles. The predicted molar refractivity (Wildman–Crippen MR) is 92.5 cm³/mol. The molecule has 0 aromatic heterocycles. The number of hydrogen-bond donors (Lipinski definition) is 2. The van der Waals surface area contributed by atoms with Crippen LogP contribution in [-0.2, 0) is 4.79 Å². The molecule has 0 aliphatic rings. The van der Waals surface area contributed by atoms with Crippen LogP contribution in [0.25, 0.3) is 0 Å². The molecule has 124 valence electrons. The second kappa shape index (κ2) is 8.69. The average molecular weight is 346 g/mol. The Bertz CT molecular complexity index is 745. The molecule has 0 unspecified atom stereocenters. The van der Waals surface area contributed by atoms with E-state index in [0.717, 1.165) is 5.56 Å². The highest BCUT2D eigenvalue weighted by molar-refractivity contribution is 6.30. The summed E-state index contributed by atoms with van der Waals surface area (Å²) in [5, 5.41) is 6.87. The van der Waals surface area contributed by atoms with Gasteiger partial charge in [-0.1, -0.05) is 23.7 Å². The van der Waals surface area contributed by atoms with E-state index < -0.39 is 5.91 Å². The van der Waals surface area contributed by atoms with Crippen LogP contribution in [-0.4, -0.2) is 31.7 Å². The molecule has 2 amide bonds. The van der Waals surface area contributed by atoms with E-state index in [1.165, 1.54) is 6.21 Å². The van der Waals surface area contributed by atoms with Gasteiger partial charge in [0.1, 0.15) is 5.75 Å². The number of nitrogens with zero attached hydrogens (tertiary/aromatic N) is 1. The van der Waals surface area contributed by atoms with E-state index in [1.54, 1.807) is 43.5 Å². The minimum Gasteiger partial charge on any atom is -0.496 e. The van der Waals surface area contributed by atoms with E-state index in [4.69, 9.17) is 16.3 Å². The van der Waals surface area contributed by atoms with Crippen molar-refractivity contribution in [2.75, 3.05) is 13.7 Å². The summed E-state index contributed by atoms with van der Waals surface area (Å²) in [6.07, 6.45) is 1.47. The number of nitrogens with one attached hydrogen (secondary N) is 2. The van der Waals surface area contributed by atoms with Gasteiger partial charge in [0.2, 0.25) is 0 Å². The minimum absolute atomic E-state index is 0.190. The standard InChI is InChI=1S/C17H16ClN3O3/c1-24-15-5-3-2-4-13(15)10-20-21-16(22)11-19-17(23)12-6-8-14(18)9-7-12/h2-10H,11H2,1H3,(H,19,23)(H,21,22). The highest BCUT2D eigenvalue weighted by Crippen LogP contribution is 2.14. The fourth-order valence-corrected chi connectivity index (χ4v) is 1.98. The van der Waals surface area contributed by atoms with Crippen LogP contribution in [0.2, 0.25) is 5.02 Å². The molecule has 0 aliphatic heterocycles. The first-order valence-electron chi connectivity index (χ1n) is 7.09. The smallest absolute Gasteiger partial charge is 0.259 e. The molecular formula is C17H16ClN3O3. The topological polar surface area (TPSA) is 79.8 Å². The summed E-state index contributed by atoms with van der Waals surface area (Å²) in [5.41, 5.74) is 3.49. The van der Waals surface area contributed by atoms with Crippen molar-refractivity contribution in [3.8, 4) is 5.75 Å². The molecule has 0 spiro atoms. The Hall–Kier alpha value is -2.86. The highest BCUT2D eigenvalue weighted by atomic mass is 35.5. The van der Waals surface area contributed by atoms with Gasteiger partial charge >= 0.3 is 0 Å². The van der Waals surface area contributed by atoms with Crippen LogP contribution < -0.4 is 15.5 Å². The summed E-state index contributed by atoms with van der Waals surface area (Å²) in [7, 11) is 1.55. The third-order valence-electron chi connectivity index (χ3n) is 3.05. The zero-order valence-electron chi connectivity index (χ0n) is 13.0. The van der Waals surface area contributed by atoms with Crippen LogP contribution in [0.3, 0.4) is 0 Å². The lowest BCUT2D eigenvalue weighted by Crippen LogP contribution is -2.34. The molecule has 0 bridgehead atoms. The van der Waals surface area contributed by atoms with Gasteiger partial charge in [0.25, 0.3) is 11.8 Å². The lowest BCUT2D eigenvalue weighted by atomic mass is 10.2. The molecular weight excluding hydrogens is 330 g/mol. The lowest BCUT2D eigenvalue weighted by molar-refractivity contribution is -0.120. The molecule has 0 atom stereocenters. The number of carbonyl (C=O) groups excluding carboxylic acids is 2. The fraction of sp³-hybridized carbons (Fsp3) is 0.118. The molecule has 2 aromatic rings. The first kappa shape index (κ1) is 17.5. The Balaban J connectivity index is 1.82. The lowest BCUT2D eigenvalue weighted by Gasteiger charge is -2.05. The van der Waals surface area contributed by atoms with Crippen molar-refractivity contribution < 1.29 is 14.3 Å². The average Bonchev–Trinajstić information content (AvgIpc) is 2.60. The number of hydrazone groups is 1. The van der Waals surface area contributed by atoms with Gasteiger partial charge in [-0.05, 0) is 36.4 Å². The first-order chi connectivity index (χ1) is 11.6. The monoisotopic (exact) mass is 345 g/mol. The van der Waals surface area contributed by atoms with Crippen LogP contribution in [0.1, 0.15) is 15.9 Å². The van der Waals surface area contributed by atoms with Crippen LogP contribution in [0.15, 0.2) is 53.6 Å². The molecule has 2 aromatic carbocycles. The summed E-state index contributed by atoms with van der Waals surface area (Å²) in [4.78, 5) is 23.5. The van der Waals surface area contributed by atoms with Gasteiger partial charge in [-0.2, -0.15) is 5.10 Å². The van der Waals surface area contributed by atoms with Crippen molar-refractivity contribution in [3.05, 3.63) is 64.7 Å². The number of carbonyl (C=O) groups is 2. The molecule has 0 heterocycles. The molecule has 6 nitrogen and oxygen atoms in total. The van der Waals surface area contributed by atoms with Gasteiger partial charge in [-0.25, -0.2) is 5.43 Å². The Morgan fingerprint density at radius 3 is 2.58 bits per heavy atom. The number of halogens is 1. The zero-order valence-corrected chi connectivity index (χ0v) is 13.7. The predicted octanol–water partition coefficient (Wildman–Crippen LogP) is 2.23. The summed E-state index contributed by atoms with van der Waals surface area (Å²) >= 11 is 5.75. The molecule has 7 heteroatoms. The van der Waals surface area contributed by atoms with E-state index in [0.29, 0.717) is 16.3 Å². The number of methoxy groups -OCH3 is 1. The number of benzene rings is 2. The molecule has 0 aliphatic carbocycles. The summed E-state index contributed by atoms with van der Waals surface area (Å²) in [6, 6.07) is 13.6. The van der Waals surface area contributed by atoms with Gasteiger partial charge in [-0.3, -0.25) is 9.59 Å². The Morgan fingerprint density at radius 2 is 1.88 bits per heavy atom. The molecule has 2 N–H and O–H groups in total. The number of ether oxygens (including phenoxy) is 1. The summed E-state index contributed by atoms with van der Waals surface area (Å²) < 4.78 is 5.17. The van der Waals surface area contributed by atoms with Crippen molar-refractivity contribution in [2.45, 2.75) is 0 Å². The van der Waals surface area contributed by atoms with Crippen LogP contribution in [0.5, 0.6) is 5.75 Å². The van der Waals surface area contributed by atoms with Gasteiger partial charge in [0.15, 0.2) is 0 Å². The normalized spacial score (nSPS) is 10.4. The Kier molecular flexibility index (Phi) is 6.33. The first-order valence-corrected chi connectivity index (χ1v) is 7.46. The second-order valence-corrected chi connectivity index (χ2v) is 5.16. The number of amides is 2. The maximum absolute atomic E-state index is 11.9. The number of para-hydroxylation sites is 1. The minimum atomic E-state index is -0.441. The van der Waals surface area contributed by atoms with Crippen molar-refractivity contribution in [2.24, 2.45) is 5.10 Å². The van der Waals surface area contributed by atoms with Crippen molar-refractivity contribution in [1.29, 1.82) is 0 Å². The van der Waals surface area contributed by atoms with Crippen LogP contribution >= 0.6 is 11.6 Å². The molecule has 0 saturated carbocycles. The van der Waals surface area contributed by atoms with E-state index in [1.807, 2.05) is 12.1 Å². The largest absolute Gasteiger partial charge is 0.496 e. The van der Waals surface area contributed by atoms with Crippen LogP contribution in [0.4, 0.5) is 0 Å². The highest BCUT2D eigenvalue weighted by Gasteiger charge is 2.07. The van der Waals surface area contributed by atoms with Gasteiger partial charge in [0.05, 0.1) is 19.9 Å². The van der Waals surface area contributed by atoms with E-state index in [9.17, 15) is 9.59 Å².